The molecule has 1 unspecified atom stereocenters. The molecule has 1 rings (SSSR count). The van der Waals surface area contributed by atoms with Gasteiger partial charge in [0.2, 0.25) is 5.91 Å². The number of benzene rings is 1. The highest BCUT2D eigenvalue weighted by Gasteiger charge is 2.19. The van der Waals surface area contributed by atoms with Gasteiger partial charge in [-0.1, -0.05) is 43.7 Å². The Morgan fingerprint density at radius 3 is 2.53 bits per heavy atom. The third kappa shape index (κ3) is 5.88. The maximum Gasteiger partial charge on any atom is 0.220 e. The van der Waals surface area contributed by atoms with E-state index in [2.05, 4.69) is 26.1 Å². The first-order valence-electron chi connectivity index (χ1n) is 7.06. The van der Waals surface area contributed by atoms with E-state index >= 15 is 0 Å². The van der Waals surface area contributed by atoms with Crippen molar-refractivity contribution in [2.24, 2.45) is 5.73 Å². The van der Waals surface area contributed by atoms with Crippen LogP contribution in [0.4, 0.5) is 0 Å². The zero-order valence-corrected chi connectivity index (χ0v) is 12.3. The van der Waals surface area contributed by atoms with E-state index in [0.29, 0.717) is 12.8 Å². The summed E-state index contributed by atoms with van der Waals surface area (Å²) in [7, 11) is 0. The molecule has 3 N–H and O–H groups in total. The van der Waals surface area contributed by atoms with Crippen molar-refractivity contribution in [2.45, 2.75) is 58.0 Å². The fraction of sp³-hybridized carbons (Fsp3) is 0.562. The molecular formula is C16H26N2O. The lowest BCUT2D eigenvalue weighted by Gasteiger charge is -2.26. The van der Waals surface area contributed by atoms with Crippen LogP contribution >= 0.6 is 0 Å². The molecule has 0 fully saturated rings. The highest BCUT2D eigenvalue weighted by molar-refractivity contribution is 5.76. The van der Waals surface area contributed by atoms with Crippen molar-refractivity contribution in [3.63, 3.8) is 0 Å². The van der Waals surface area contributed by atoms with Crippen LogP contribution in [0.3, 0.4) is 0 Å². The molecule has 0 aromatic heterocycles. The molecule has 0 saturated heterocycles. The Kier molecular flexibility index (Phi) is 6.03. The van der Waals surface area contributed by atoms with E-state index < -0.39 is 0 Å². The largest absolute Gasteiger partial charge is 0.351 e. The molecule has 0 saturated carbocycles. The van der Waals surface area contributed by atoms with E-state index in [1.807, 2.05) is 30.3 Å². The van der Waals surface area contributed by atoms with E-state index in [1.54, 1.807) is 0 Å². The third-order valence-corrected chi connectivity index (χ3v) is 3.26. The first-order valence-corrected chi connectivity index (χ1v) is 7.06. The van der Waals surface area contributed by atoms with Crippen LogP contribution in [0, 0.1) is 0 Å². The Labute approximate surface area is 116 Å². The molecule has 0 aliphatic heterocycles. The van der Waals surface area contributed by atoms with Crippen LogP contribution < -0.4 is 11.1 Å². The third-order valence-electron chi connectivity index (χ3n) is 3.26. The van der Waals surface area contributed by atoms with Gasteiger partial charge in [0.1, 0.15) is 0 Å². The normalized spacial score (nSPS) is 13.1. The molecule has 3 nitrogen and oxygen atoms in total. The summed E-state index contributed by atoms with van der Waals surface area (Å²) >= 11 is 0. The molecule has 0 bridgehead atoms. The van der Waals surface area contributed by atoms with Crippen molar-refractivity contribution in [3.05, 3.63) is 35.9 Å². The second kappa shape index (κ2) is 7.29. The van der Waals surface area contributed by atoms with Crippen molar-refractivity contribution < 1.29 is 4.79 Å². The summed E-state index contributed by atoms with van der Waals surface area (Å²) in [6, 6.07) is 9.85. The number of carbonyl (C=O) groups excluding carboxylic acids is 1. The number of carbonyl (C=O) groups is 1. The minimum atomic E-state index is -0.122. The van der Waals surface area contributed by atoms with Crippen molar-refractivity contribution in [1.29, 1.82) is 0 Å². The lowest BCUT2D eigenvalue weighted by atomic mass is 9.98. The Hall–Kier alpha value is -1.35. The van der Waals surface area contributed by atoms with Crippen LogP contribution in [0.2, 0.25) is 0 Å². The monoisotopic (exact) mass is 262 g/mol. The molecule has 1 aromatic carbocycles. The molecule has 0 radical (unpaired) electrons. The second-order valence-electron chi connectivity index (χ2n) is 5.74. The maximum atomic E-state index is 11.9. The van der Waals surface area contributed by atoms with Gasteiger partial charge in [0.25, 0.3) is 0 Å². The minimum absolute atomic E-state index is 0.0683. The summed E-state index contributed by atoms with van der Waals surface area (Å²) in [5, 5.41) is 3.07. The van der Waals surface area contributed by atoms with Crippen molar-refractivity contribution in [1.82, 2.24) is 5.32 Å². The average molecular weight is 262 g/mol. The van der Waals surface area contributed by atoms with Crippen LogP contribution in [0.25, 0.3) is 0 Å². The summed E-state index contributed by atoms with van der Waals surface area (Å²) in [4.78, 5) is 11.9. The van der Waals surface area contributed by atoms with Crippen LogP contribution in [0.5, 0.6) is 0 Å². The molecule has 0 spiro atoms. The van der Waals surface area contributed by atoms with Crippen molar-refractivity contribution in [3.8, 4) is 0 Å². The zero-order chi connectivity index (χ0) is 14.3. The van der Waals surface area contributed by atoms with E-state index in [1.165, 1.54) is 0 Å². The van der Waals surface area contributed by atoms with Gasteiger partial charge in [-0.15, -0.1) is 0 Å². The molecule has 0 heterocycles. The number of rotatable bonds is 7. The highest BCUT2D eigenvalue weighted by atomic mass is 16.1. The summed E-state index contributed by atoms with van der Waals surface area (Å²) in [5.74, 6) is 0.0878. The molecule has 19 heavy (non-hydrogen) atoms. The number of hydrogen-bond donors (Lipinski definition) is 2. The van der Waals surface area contributed by atoms with Gasteiger partial charge in [-0.05, 0) is 32.3 Å². The number of nitrogens with two attached hydrogens (primary N) is 1. The molecule has 3 heteroatoms. The molecular weight excluding hydrogens is 236 g/mol. The first-order chi connectivity index (χ1) is 8.94. The predicted octanol–water partition coefficient (Wildman–Crippen LogP) is 3.16. The standard InChI is InChI=1S/C16H26N2O/c1-4-12-16(2,3)18-15(19)11-10-14(17)13-8-6-5-7-9-13/h5-9,14H,4,10-12,17H2,1-3H3,(H,18,19). The van der Waals surface area contributed by atoms with Gasteiger partial charge in [-0.2, -0.15) is 0 Å². The first kappa shape index (κ1) is 15.7. The predicted molar refractivity (Wildman–Crippen MR) is 79.7 cm³/mol. The lowest BCUT2D eigenvalue weighted by Crippen LogP contribution is -2.43. The SMILES string of the molecule is CCCC(C)(C)NC(=O)CCC(N)c1ccccc1. The number of nitrogens with one attached hydrogen (secondary N) is 1. The van der Waals surface area contributed by atoms with Gasteiger partial charge in [-0.25, -0.2) is 0 Å². The van der Waals surface area contributed by atoms with Gasteiger partial charge in [0.15, 0.2) is 0 Å². The number of amides is 1. The molecule has 1 amide bonds. The molecule has 106 valence electrons. The van der Waals surface area contributed by atoms with E-state index in [0.717, 1.165) is 18.4 Å². The maximum absolute atomic E-state index is 11.9. The molecule has 0 aliphatic rings. The van der Waals surface area contributed by atoms with Crippen LogP contribution in [-0.4, -0.2) is 11.4 Å². The van der Waals surface area contributed by atoms with E-state index in [4.69, 9.17) is 5.73 Å². The Bertz CT molecular complexity index is 387. The fourth-order valence-electron chi connectivity index (χ4n) is 2.28. The zero-order valence-electron chi connectivity index (χ0n) is 12.3. The molecule has 1 aromatic rings. The smallest absolute Gasteiger partial charge is 0.220 e. The minimum Gasteiger partial charge on any atom is -0.351 e. The van der Waals surface area contributed by atoms with Crippen LogP contribution in [0.15, 0.2) is 30.3 Å². The van der Waals surface area contributed by atoms with E-state index in [-0.39, 0.29) is 17.5 Å². The van der Waals surface area contributed by atoms with Crippen molar-refractivity contribution in [2.75, 3.05) is 0 Å². The number of hydrogen-bond acceptors (Lipinski definition) is 2. The lowest BCUT2D eigenvalue weighted by molar-refractivity contribution is -0.122. The Morgan fingerprint density at radius 1 is 1.32 bits per heavy atom. The quantitative estimate of drug-likeness (QED) is 0.793. The van der Waals surface area contributed by atoms with Crippen molar-refractivity contribution >= 4 is 5.91 Å². The van der Waals surface area contributed by atoms with Gasteiger partial charge >= 0.3 is 0 Å². The summed E-state index contributed by atoms with van der Waals surface area (Å²) in [6.07, 6.45) is 3.21. The van der Waals surface area contributed by atoms with Gasteiger partial charge < -0.3 is 11.1 Å². The van der Waals surface area contributed by atoms with E-state index in [9.17, 15) is 4.79 Å². The van der Waals surface area contributed by atoms with Gasteiger partial charge in [-0.3, -0.25) is 4.79 Å². The molecule has 0 aliphatic carbocycles. The Balaban J connectivity index is 2.38. The Morgan fingerprint density at radius 2 is 1.95 bits per heavy atom. The second-order valence-corrected chi connectivity index (χ2v) is 5.74. The van der Waals surface area contributed by atoms with Gasteiger partial charge in [0.05, 0.1) is 0 Å². The average Bonchev–Trinajstić information content (AvgIpc) is 2.36. The fourth-order valence-corrected chi connectivity index (χ4v) is 2.28. The summed E-state index contributed by atoms with van der Waals surface area (Å²) in [5.41, 5.74) is 7.05. The van der Waals surface area contributed by atoms with Crippen LogP contribution in [-0.2, 0) is 4.79 Å². The topological polar surface area (TPSA) is 55.1 Å². The van der Waals surface area contributed by atoms with Crippen LogP contribution in [0.1, 0.15) is 58.1 Å². The summed E-state index contributed by atoms with van der Waals surface area (Å²) < 4.78 is 0. The van der Waals surface area contributed by atoms with Gasteiger partial charge in [0, 0.05) is 18.0 Å². The summed E-state index contributed by atoms with van der Waals surface area (Å²) in [6.45, 7) is 6.25. The highest BCUT2D eigenvalue weighted by Crippen LogP contribution is 2.16. The molecule has 1 atom stereocenters.